The van der Waals surface area contributed by atoms with Crippen LogP contribution in [-0.4, -0.2) is 50.2 Å². The Hall–Kier alpha value is -2.44. The molecule has 1 aromatic heterocycles. The molecular weight excluding hydrogens is 392 g/mol. The molecule has 1 aliphatic heterocycles. The molecule has 5 nitrogen and oxygen atoms in total. The highest BCUT2D eigenvalue weighted by molar-refractivity contribution is 7.22. The van der Waals surface area contributed by atoms with Crippen LogP contribution in [0.1, 0.15) is 32.6 Å². The van der Waals surface area contributed by atoms with Crippen LogP contribution in [0.25, 0.3) is 10.2 Å². The number of hydrogen-bond acceptors (Lipinski definition) is 4. The van der Waals surface area contributed by atoms with E-state index in [4.69, 9.17) is 4.98 Å². The Morgan fingerprint density at radius 2 is 1.83 bits per heavy atom. The van der Waals surface area contributed by atoms with Gasteiger partial charge in [0.2, 0.25) is 0 Å². The van der Waals surface area contributed by atoms with Gasteiger partial charge in [0.1, 0.15) is 0 Å². The Balaban J connectivity index is 1.28. The lowest BCUT2D eigenvalue weighted by atomic mass is 10.1. The topological polar surface area (TPSA) is 49.7 Å². The number of aromatic nitrogens is 1. The summed E-state index contributed by atoms with van der Waals surface area (Å²) >= 11 is 1.80. The van der Waals surface area contributed by atoms with E-state index in [1.165, 1.54) is 15.8 Å². The first kappa shape index (κ1) is 20.8. The van der Waals surface area contributed by atoms with E-state index in [2.05, 4.69) is 36.2 Å². The van der Waals surface area contributed by atoms with Crippen LogP contribution in [0.3, 0.4) is 0 Å². The maximum atomic E-state index is 12.5. The molecule has 1 aliphatic rings. The van der Waals surface area contributed by atoms with E-state index >= 15 is 0 Å². The average Bonchev–Trinajstić information content (AvgIpc) is 3.18. The van der Waals surface area contributed by atoms with E-state index in [-0.39, 0.29) is 5.91 Å². The summed E-state index contributed by atoms with van der Waals surface area (Å²) in [6.07, 6.45) is 0. The number of carbonyl (C=O) groups excluding carboxylic acids is 1. The van der Waals surface area contributed by atoms with Gasteiger partial charge in [-0.15, -0.1) is 0 Å². The minimum absolute atomic E-state index is 0.0365. The summed E-state index contributed by atoms with van der Waals surface area (Å²) < 4.78 is 1.28. The molecule has 4 rings (SSSR count). The van der Waals surface area contributed by atoms with Crippen molar-refractivity contribution in [2.45, 2.75) is 27.7 Å². The molecule has 1 amide bonds. The number of rotatable bonds is 5. The molecule has 0 radical (unpaired) electrons. The number of aryl methyl sites for hydroxylation is 4. The third-order valence-electron chi connectivity index (χ3n) is 6.22. The molecule has 2 aromatic carbocycles. The van der Waals surface area contributed by atoms with Crippen molar-refractivity contribution in [2.75, 3.05) is 44.2 Å². The van der Waals surface area contributed by atoms with Crippen molar-refractivity contribution in [3.63, 3.8) is 0 Å². The van der Waals surface area contributed by atoms with E-state index in [1.807, 2.05) is 32.0 Å². The Labute approximate surface area is 182 Å². The zero-order valence-corrected chi connectivity index (χ0v) is 19.2. The molecule has 0 unspecified atom stereocenters. The first-order valence-corrected chi connectivity index (χ1v) is 11.5. The van der Waals surface area contributed by atoms with E-state index in [0.717, 1.165) is 60.1 Å². The number of carbonyl (C=O) groups is 1. The lowest BCUT2D eigenvalue weighted by Crippen LogP contribution is -3.15. The lowest BCUT2D eigenvalue weighted by Gasteiger charge is -2.32. The minimum Gasteiger partial charge on any atom is -0.346 e. The van der Waals surface area contributed by atoms with Crippen molar-refractivity contribution in [3.8, 4) is 0 Å². The van der Waals surface area contributed by atoms with Gasteiger partial charge in [-0.25, -0.2) is 4.98 Å². The number of nitrogens with one attached hydrogen (secondary N) is 2. The Bertz CT molecular complexity index is 1070. The zero-order chi connectivity index (χ0) is 21.3. The minimum atomic E-state index is 0.0365. The summed E-state index contributed by atoms with van der Waals surface area (Å²) in [4.78, 5) is 21.4. The standard InChI is InChI=1S/C24H30N4OS/c1-16-5-6-18(3)20(15-16)23(29)25-9-10-27-11-13-28(14-12-27)24-26-22-19(4)17(2)7-8-21(22)30-24/h5-8,15H,9-14H2,1-4H3,(H,25,29)/p+1. The molecule has 1 fully saturated rings. The summed E-state index contributed by atoms with van der Waals surface area (Å²) in [6, 6.07) is 10.4. The third kappa shape index (κ3) is 4.35. The van der Waals surface area contributed by atoms with Gasteiger partial charge in [0.25, 0.3) is 5.91 Å². The van der Waals surface area contributed by atoms with Crippen LogP contribution >= 0.6 is 11.3 Å². The molecule has 0 spiro atoms. The van der Waals surface area contributed by atoms with Gasteiger partial charge in [0, 0.05) is 5.56 Å². The van der Waals surface area contributed by atoms with E-state index in [1.54, 1.807) is 16.2 Å². The molecule has 3 aromatic rings. The van der Waals surface area contributed by atoms with Gasteiger partial charge in [0.05, 0.1) is 49.5 Å². The number of nitrogens with zero attached hydrogens (tertiary/aromatic N) is 2. The first-order chi connectivity index (χ1) is 14.4. The highest BCUT2D eigenvalue weighted by atomic mass is 32.1. The summed E-state index contributed by atoms with van der Waals surface area (Å²) in [6.45, 7) is 14.2. The fourth-order valence-electron chi connectivity index (χ4n) is 4.04. The van der Waals surface area contributed by atoms with E-state index in [9.17, 15) is 4.79 Å². The summed E-state index contributed by atoms with van der Waals surface area (Å²) in [5.74, 6) is 0.0365. The maximum Gasteiger partial charge on any atom is 0.251 e. The normalized spacial score (nSPS) is 15.0. The largest absolute Gasteiger partial charge is 0.346 e. The Morgan fingerprint density at radius 1 is 1.10 bits per heavy atom. The Kier molecular flexibility index (Phi) is 6.06. The molecule has 30 heavy (non-hydrogen) atoms. The first-order valence-electron chi connectivity index (χ1n) is 10.7. The number of benzene rings is 2. The van der Waals surface area contributed by atoms with Crippen LogP contribution in [-0.2, 0) is 0 Å². The second kappa shape index (κ2) is 8.74. The quantitative estimate of drug-likeness (QED) is 0.663. The highest BCUT2D eigenvalue weighted by Gasteiger charge is 2.23. The molecule has 6 heteroatoms. The lowest BCUT2D eigenvalue weighted by molar-refractivity contribution is -0.899. The maximum absolute atomic E-state index is 12.5. The van der Waals surface area contributed by atoms with Crippen molar-refractivity contribution >= 4 is 32.6 Å². The predicted molar refractivity (Wildman–Crippen MR) is 125 cm³/mol. The molecule has 0 saturated carbocycles. The van der Waals surface area contributed by atoms with Crippen molar-refractivity contribution < 1.29 is 9.69 Å². The molecule has 2 N–H and O–H groups in total. The van der Waals surface area contributed by atoms with Crippen LogP contribution in [0.5, 0.6) is 0 Å². The predicted octanol–water partition coefficient (Wildman–Crippen LogP) is 2.66. The Morgan fingerprint density at radius 3 is 2.60 bits per heavy atom. The summed E-state index contributed by atoms with van der Waals surface area (Å²) in [5, 5.41) is 4.24. The number of amides is 1. The zero-order valence-electron chi connectivity index (χ0n) is 18.3. The van der Waals surface area contributed by atoms with Crippen molar-refractivity contribution in [2.24, 2.45) is 0 Å². The number of thiazole rings is 1. The molecule has 0 aliphatic carbocycles. The van der Waals surface area contributed by atoms with Crippen molar-refractivity contribution in [1.29, 1.82) is 0 Å². The van der Waals surface area contributed by atoms with Crippen LogP contribution in [0.15, 0.2) is 30.3 Å². The summed E-state index contributed by atoms with van der Waals surface area (Å²) in [5.41, 5.74) is 6.68. The molecule has 0 atom stereocenters. The number of quaternary nitrogens is 1. The smallest absolute Gasteiger partial charge is 0.251 e. The van der Waals surface area contributed by atoms with Gasteiger partial charge in [-0.2, -0.15) is 0 Å². The van der Waals surface area contributed by atoms with Gasteiger partial charge in [-0.05, 0) is 56.5 Å². The van der Waals surface area contributed by atoms with Crippen LogP contribution in [0, 0.1) is 27.7 Å². The van der Waals surface area contributed by atoms with Gasteiger partial charge < -0.3 is 15.1 Å². The molecular formula is C24H31N4OS+. The molecule has 0 bridgehead atoms. The number of piperazine rings is 1. The van der Waals surface area contributed by atoms with Crippen molar-refractivity contribution in [3.05, 3.63) is 58.1 Å². The molecule has 158 valence electrons. The highest BCUT2D eigenvalue weighted by Crippen LogP contribution is 2.31. The fourth-order valence-corrected chi connectivity index (χ4v) is 5.12. The van der Waals surface area contributed by atoms with Crippen LogP contribution < -0.4 is 15.1 Å². The van der Waals surface area contributed by atoms with Gasteiger partial charge in [0.15, 0.2) is 5.13 Å². The average molecular weight is 424 g/mol. The van der Waals surface area contributed by atoms with E-state index < -0.39 is 0 Å². The van der Waals surface area contributed by atoms with Crippen molar-refractivity contribution in [1.82, 2.24) is 10.3 Å². The van der Waals surface area contributed by atoms with Gasteiger partial charge in [-0.1, -0.05) is 35.1 Å². The van der Waals surface area contributed by atoms with Crippen LogP contribution in [0.2, 0.25) is 0 Å². The number of hydrogen-bond donors (Lipinski definition) is 2. The second-order valence-electron chi connectivity index (χ2n) is 8.41. The molecule has 1 saturated heterocycles. The monoisotopic (exact) mass is 423 g/mol. The third-order valence-corrected chi connectivity index (χ3v) is 7.30. The number of fused-ring (bicyclic) bond motifs is 1. The fraction of sp³-hybridized carbons (Fsp3) is 0.417. The summed E-state index contributed by atoms with van der Waals surface area (Å²) in [7, 11) is 0. The van der Waals surface area contributed by atoms with Gasteiger partial charge in [-0.3, -0.25) is 4.79 Å². The van der Waals surface area contributed by atoms with Crippen LogP contribution in [0.4, 0.5) is 5.13 Å². The van der Waals surface area contributed by atoms with Gasteiger partial charge >= 0.3 is 0 Å². The SMILES string of the molecule is Cc1ccc(C)c(C(=O)NCC[NH+]2CCN(c3nc4c(C)c(C)ccc4s3)CC2)c1. The molecule has 2 heterocycles. The van der Waals surface area contributed by atoms with E-state index in [0.29, 0.717) is 6.54 Å². The second-order valence-corrected chi connectivity index (χ2v) is 9.42. The number of anilines is 1.